The number of fused-ring (bicyclic) bond motifs is 1. The van der Waals surface area contributed by atoms with Crippen LogP contribution in [0, 0.1) is 6.92 Å². The standard InChI is InChI=1S/C12H16/c1-3-4-10-6-5-9(2)11-7-8-12(10)11/h5-6H,3-4,7-8H2,1-2H3. The van der Waals surface area contributed by atoms with E-state index in [1.54, 1.807) is 16.7 Å². The van der Waals surface area contributed by atoms with Crippen molar-refractivity contribution in [1.29, 1.82) is 0 Å². The van der Waals surface area contributed by atoms with E-state index in [1.807, 2.05) is 0 Å². The molecule has 0 nitrogen and oxygen atoms in total. The fourth-order valence-electron chi connectivity index (χ4n) is 2.09. The Bertz CT molecular complexity index is 297. The van der Waals surface area contributed by atoms with E-state index in [-0.39, 0.29) is 0 Å². The quantitative estimate of drug-likeness (QED) is 0.623. The van der Waals surface area contributed by atoms with E-state index in [4.69, 9.17) is 0 Å². The van der Waals surface area contributed by atoms with Crippen molar-refractivity contribution >= 4 is 0 Å². The summed E-state index contributed by atoms with van der Waals surface area (Å²) < 4.78 is 0. The van der Waals surface area contributed by atoms with Crippen molar-refractivity contribution in [2.45, 2.75) is 39.5 Å². The van der Waals surface area contributed by atoms with Gasteiger partial charge in [0, 0.05) is 0 Å². The number of hydrogen-bond donors (Lipinski definition) is 0. The van der Waals surface area contributed by atoms with Gasteiger partial charge in [-0.25, -0.2) is 0 Å². The van der Waals surface area contributed by atoms with E-state index >= 15 is 0 Å². The number of hydrogen-bond acceptors (Lipinski definition) is 0. The van der Waals surface area contributed by atoms with Crippen LogP contribution in [0.5, 0.6) is 0 Å². The Morgan fingerprint density at radius 2 is 1.92 bits per heavy atom. The van der Waals surface area contributed by atoms with Gasteiger partial charge in [-0.2, -0.15) is 0 Å². The average molecular weight is 160 g/mol. The topological polar surface area (TPSA) is 0 Å². The Hall–Kier alpha value is -0.780. The van der Waals surface area contributed by atoms with Crippen molar-refractivity contribution in [3.63, 3.8) is 0 Å². The fraction of sp³-hybridized carbons (Fsp3) is 0.500. The lowest BCUT2D eigenvalue weighted by Crippen LogP contribution is -2.13. The maximum absolute atomic E-state index is 2.32. The smallest absolute Gasteiger partial charge is 0.0232 e. The summed E-state index contributed by atoms with van der Waals surface area (Å²) in [5.74, 6) is 0. The fourth-order valence-corrected chi connectivity index (χ4v) is 2.09. The van der Waals surface area contributed by atoms with Gasteiger partial charge in [-0.1, -0.05) is 25.5 Å². The Morgan fingerprint density at radius 1 is 1.17 bits per heavy atom. The van der Waals surface area contributed by atoms with Gasteiger partial charge in [0.2, 0.25) is 0 Å². The minimum absolute atomic E-state index is 1.27. The lowest BCUT2D eigenvalue weighted by molar-refractivity contribution is 0.786. The molecule has 0 heteroatoms. The molecule has 0 unspecified atom stereocenters. The SMILES string of the molecule is CCCc1ccc(C)c2c1CC2. The van der Waals surface area contributed by atoms with Crippen LogP contribution in [0.25, 0.3) is 0 Å². The van der Waals surface area contributed by atoms with Gasteiger partial charge in [0.25, 0.3) is 0 Å². The summed E-state index contributed by atoms with van der Waals surface area (Å²) >= 11 is 0. The Kier molecular flexibility index (Phi) is 1.92. The molecular formula is C12H16. The van der Waals surface area contributed by atoms with Crippen molar-refractivity contribution in [1.82, 2.24) is 0 Å². The first-order valence-corrected chi connectivity index (χ1v) is 4.93. The second-order valence-electron chi connectivity index (χ2n) is 3.75. The molecule has 0 N–H and O–H groups in total. The third-order valence-corrected chi connectivity index (χ3v) is 2.91. The molecule has 0 fully saturated rings. The van der Waals surface area contributed by atoms with E-state index in [0.717, 1.165) is 0 Å². The van der Waals surface area contributed by atoms with E-state index < -0.39 is 0 Å². The Balaban J connectivity index is 2.39. The lowest BCUT2D eigenvalue weighted by atomic mass is 9.81. The highest BCUT2D eigenvalue weighted by molar-refractivity contribution is 5.46. The van der Waals surface area contributed by atoms with E-state index in [9.17, 15) is 0 Å². The molecule has 1 aliphatic carbocycles. The summed E-state index contributed by atoms with van der Waals surface area (Å²) in [7, 11) is 0. The van der Waals surface area contributed by atoms with Crippen LogP contribution in [0.15, 0.2) is 12.1 Å². The van der Waals surface area contributed by atoms with Crippen molar-refractivity contribution < 1.29 is 0 Å². The van der Waals surface area contributed by atoms with Gasteiger partial charge in [0.15, 0.2) is 0 Å². The summed E-state index contributed by atoms with van der Waals surface area (Å²) in [4.78, 5) is 0. The van der Waals surface area contributed by atoms with Crippen LogP contribution in [0.2, 0.25) is 0 Å². The second kappa shape index (κ2) is 2.93. The van der Waals surface area contributed by atoms with Gasteiger partial charge in [-0.05, 0) is 48.4 Å². The largest absolute Gasteiger partial charge is 0.0651 e. The highest BCUT2D eigenvalue weighted by atomic mass is 14.2. The molecule has 0 amide bonds. The Morgan fingerprint density at radius 3 is 2.50 bits per heavy atom. The summed E-state index contributed by atoms with van der Waals surface area (Å²) in [5.41, 5.74) is 6.40. The van der Waals surface area contributed by atoms with Crippen LogP contribution in [0.1, 0.15) is 35.6 Å². The van der Waals surface area contributed by atoms with Gasteiger partial charge < -0.3 is 0 Å². The van der Waals surface area contributed by atoms with E-state index in [0.29, 0.717) is 0 Å². The van der Waals surface area contributed by atoms with Crippen LogP contribution in [0.3, 0.4) is 0 Å². The molecular weight excluding hydrogens is 144 g/mol. The molecule has 2 rings (SSSR count). The molecule has 0 atom stereocenters. The molecule has 0 bridgehead atoms. The number of benzene rings is 1. The molecule has 0 aromatic heterocycles. The molecule has 0 radical (unpaired) electrons. The molecule has 1 aromatic rings. The van der Waals surface area contributed by atoms with Crippen molar-refractivity contribution in [3.05, 3.63) is 34.4 Å². The van der Waals surface area contributed by atoms with E-state index in [2.05, 4.69) is 26.0 Å². The maximum atomic E-state index is 2.32. The van der Waals surface area contributed by atoms with Crippen LogP contribution < -0.4 is 0 Å². The molecule has 64 valence electrons. The van der Waals surface area contributed by atoms with Crippen molar-refractivity contribution in [3.8, 4) is 0 Å². The summed E-state index contributed by atoms with van der Waals surface area (Å²) in [6, 6.07) is 4.60. The van der Waals surface area contributed by atoms with E-state index in [1.165, 1.54) is 31.2 Å². The molecule has 0 saturated heterocycles. The minimum atomic E-state index is 1.27. The molecule has 0 aliphatic heterocycles. The zero-order chi connectivity index (χ0) is 8.55. The lowest BCUT2D eigenvalue weighted by Gasteiger charge is -2.24. The first kappa shape index (κ1) is 7.85. The molecule has 12 heavy (non-hydrogen) atoms. The van der Waals surface area contributed by atoms with Crippen LogP contribution in [-0.4, -0.2) is 0 Å². The molecule has 0 spiro atoms. The number of aryl methyl sites for hydroxylation is 2. The van der Waals surface area contributed by atoms with Crippen LogP contribution in [-0.2, 0) is 19.3 Å². The van der Waals surface area contributed by atoms with Gasteiger partial charge in [0.05, 0.1) is 0 Å². The number of rotatable bonds is 2. The monoisotopic (exact) mass is 160 g/mol. The summed E-state index contributed by atoms with van der Waals surface area (Å²) in [6.45, 7) is 4.48. The zero-order valence-corrected chi connectivity index (χ0v) is 7.98. The Labute approximate surface area is 74.6 Å². The average Bonchev–Trinajstić information content (AvgIpc) is 1.96. The van der Waals surface area contributed by atoms with Crippen LogP contribution in [0.4, 0.5) is 0 Å². The first-order chi connectivity index (χ1) is 5.83. The normalized spacial score (nSPS) is 13.8. The first-order valence-electron chi connectivity index (χ1n) is 4.93. The predicted molar refractivity (Wildman–Crippen MR) is 52.6 cm³/mol. The molecule has 0 saturated carbocycles. The van der Waals surface area contributed by atoms with Crippen molar-refractivity contribution in [2.24, 2.45) is 0 Å². The van der Waals surface area contributed by atoms with Gasteiger partial charge in [-0.15, -0.1) is 0 Å². The predicted octanol–water partition coefficient (Wildman–Crippen LogP) is 3.05. The maximum Gasteiger partial charge on any atom is -0.0232 e. The summed E-state index contributed by atoms with van der Waals surface area (Å²) in [6.07, 6.45) is 5.18. The van der Waals surface area contributed by atoms with Gasteiger partial charge in [0.1, 0.15) is 0 Å². The minimum Gasteiger partial charge on any atom is -0.0651 e. The van der Waals surface area contributed by atoms with Gasteiger partial charge in [-0.3, -0.25) is 0 Å². The van der Waals surface area contributed by atoms with Crippen molar-refractivity contribution in [2.75, 3.05) is 0 Å². The molecule has 1 aromatic carbocycles. The third-order valence-electron chi connectivity index (χ3n) is 2.91. The highest BCUT2D eigenvalue weighted by Gasteiger charge is 2.17. The highest BCUT2D eigenvalue weighted by Crippen LogP contribution is 2.30. The van der Waals surface area contributed by atoms with Crippen LogP contribution >= 0.6 is 0 Å². The second-order valence-corrected chi connectivity index (χ2v) is 3.75. The zero-order valence-electron chi connectivity index (χ0n) is 7.98. The summed E-state index contributed by atoms with van der Waals surface area (Å²) in [5, 5.41) is 0. The van der Waals surface area contributed by atoms with Gasteiger partial charge >= 0.3 is 0 Å². The third kappa shape index (κ3) is 1.06. The molecule has 0 heterocycles. The molecule has 1 aliphatic rings.